The van der Waals surface area contributed by atoms with Crippen molar-refractivity contribution in [1.29, 1.82) is 0 Å². The van der Waals surface area contributed by atoms with Gasteiger partial charge in [0.2, 0.25) is 0 Å². The molecule has 2 aromatic rings. The summed E-state index contributed by atoms with van der Waals surface area (Å²) in [5.41, 5.74) is 0.584. The first-order valence-electron chi connectivity index (χ1n) is 5.81. The molecule has 0 spiro atoms. The van der Waals surface area contributed by atoms with Crippen molar-refractivity contribution in [1.82, 2.24) is 25.2 Å². The van der Waals surface area contributed by atoms with E-state index >= 15 is 0 Å². The number of carbonyl (C=O) groups is 1. The fraction of sp³-hybridized carbons (Fsp3) is 0.400. The molecule has 0 fully saturated rings. The van der Waals surface area contributed by atoms with Crippen LogP contribution in [0.4, 0.5) is 5.82 Å². The van der Waals surface area contributed by atoms with Gasteiger partial charge in [-0.2, -0.15) is 9.67 Å². The van der Waals surface area contributed by atoms with Crippen LogP contribution in [0.1, 0.15) is 29.1 Å². The van der Waals surface area contributed by atoms with Crippen LogP contribution in [0, 0.1) is 17.0 Å². The lowest BCUT2D eigenvalue weighted by Crippen LogP contribution is -2.23. The van der Waals surface area contributed by atoms with Gasteiger partial charge in [0.15, 0.2) is 5.82 Å². The summed E-state index contributed by atoms with van der Waals surface area (Å²) >= 11 is 0. The zero-order chi connectivity index (χ0) is 14.7. The molecule has 20 heavy (non-hydrogen) atoms. The van der Waals surface area contributed by atoms with Gasteiger partial charge in [-0.15, -0.1) is 0 Å². The molecule has 10 nitrogen and oxygen atoms in total. The van der Waals surface area contributed by atoms with Gasteiger partial charge in [0.1, 0.15) is 6.54 Å². The van der Waals surface area contributed by atoms with E-state index in [1.54, 1.807) is 13.8 Å². The summed E-state index contributed by atoms with van der Waals surface area (Å²) in [6, 6.07) is 1.34. The molecule has 0 saturated carbocycles. The Labute approximate surface area is 112 Å². The van der Waals surface area contributed by atoms with Crippen molar-refractivity contribution in [2.24, 2.45) is 0 Å². The number of aromatic nitrogens is 4. The van der Waals surface area contributed by atoms with E-state index in [0.717, 1.165) is 0 Å². The lowest BCUT2D eigenvalue weighted by molar-refractivity contribution is -0.389. The summed E-state index contributed by atoms with van der Waals surface area (Å²) in [6.07, 6.45) is 0. The van der Waals surface area contributed by atoms with E-state index in [-0.39, 0.29) is 24.1 Å². The Morgan fingerprint density at radius 3 is 2.95 bits per heavy atom. The molecule has 0 atom stereocenters. The second kappa shape index (κ2) is 5.47. The summed E-state index contributed by atoms with van der Waals surface area (Å²) in [7, 11) is 0. The SMILES string of the molecule is CCNC(=O)c1nc(Cn2nc([N+](=O)[O-])cc2C)no1. The summed E-state index contributed by atoms with van der Waals surface area (Å²) in [4.78, 5) is 25.4. The van der Waals surface area contributed by atoms with Crippen LogP contribution in [0.2, 0.25) is 0 Å². The topological polar surface area (TPSA) is 129 Å². The molecule has 2 aromatic heterocycles. The molecule has 106 valence electrons. The summed E-state index contributed by atoms with van der Waals surface area (Å²) in [5.74, 6) is -0.655. The number of amides is 1. The van der Waals surface area contributed by atoms with Crippen molar-refractivity contribution in [3.63, 3.8) is 0 Å². The van der Waals surface area contributed by atoms with Crippen LogP contribution < -0.4 is 5.32 Å². The fourth-order valence-corrected chi connectivity index (χ4v) is 1.52. The highest BCUT2D eigenvalue weighted by Crippen LogP contribution is 2.12. The zero-order valence-corrected chi connectivity index (χ0v) is 10.9. The van der Waals surface area contributed by atoms with Crippen LogP contribution in [-0.4, -0.2) is 37.3 Å². The Morgan fingerprint density at radius 1 is 1.60 bits per heavy atom. The summed E-state index contributed by atoms with van der Waals surface area (Å²) in [6.45, 7) is 3.97. The minimum atomic E-state index is -0.583. The first-order valence-corrected chi connectivity index (χ1v) is 5.81. The van der Waals surface area contributed by atoms with Crippen molar-refractivity contribution >= 4 is 11.7 Å². The van der Waals surface area contributed by atoms with Gasteiger partial charge in [-0.1, -0.05) is 5.16 Å². The monoisotopic (exact) mass is 280 g/mol. The number of nitrogens with one attached hydrogen (secondary N) is 1. The maximum atomic E-state index is 11.5. The lowest BCUT2D eigenvalue weighted by atomic mass is 10.4. The molecule has 0 aliphatic heterocycles. The number of rotatable bonds is 5. The summed E-state index contributed by atoms with van der Waals surface area (Å²) in [5, 5.41) is 20.6. The van der Waals surface area contributed by atoms with Gasteiger partial charge in [-0.3, -0.25) is 4.79 Å². The van der Waals surface area contributed by atoms with E-state index < -0.39 is 10.8 Å². The standard InChI is InChI=1S/C10H12N6O4/c1-3-11-9(17)10-12-7(14-20-10)5-15-6(2)4-8(13-15)16(18)19/h4H,3,5H2,1-2H3,(H,11,17). The molecule has 0 unspecified atom stereocenters. The Morgan fingerprint density at radius 2 is 2.35 bits per heavy atom. The molecule has 10 heteroatoms. The first-order chi connectivity index (χ1) is 9.51. The van der Waals surface area contributed by atoms with E-state index in [1.165, 1.54) is 10.7 Å². The average Bonchev–Trinajstić information content (AvgIpc) is 2.98. The number of hydrogen-bond acceptors (Lipinski definition) is 7. The van der Waals surface area contributed by atoms with Crippen LogP contribution in [0.5, 0.6) is 0 Å². The van der Waals surface area contributed by atoms with Crippen molar-refractivity contribution < 1.29 is 14.2 Å². The van der Waals surface area contributed by atoms with E-state index in [9.17, 15) is 14.9 Å². The minimum absolute atomic E-state index is 0.0859. The molecule has 0 bridgehead atoms. The van der Waals surface area contributed by atoms with Crippen LogP contribution in [0.25, 0.3) is 0 Å². The number of nitrogens with zero attached hydrogens (tertiary/aromatic N) is 5. The third-order valence-corrected chi connectivity index (χ3v) is 2.45. The van der Waals surface area contributed by atoms with E-state index in [1.807, 2.05) is 0 Å². The quantitative estimate of drug-likeness (QED) is 0.615. The molecule has 2 rings (SSSR count). The van der Waals surface area contributed by atoms with Gasteiger partial charge in [-0.25, -0.2) is 0 Å². The average molecular weight is 280 g/mol. The van der Waals surface area contributed by atoms with E-state index in [4.69, 9.17) is 4.52 Å². The molecule has 0 aliphatic carbocycles. The van der Waals surface area contributed by atoms with Crippen LogP contribution in [-0.2, 0) is 6.54 Å². The molecule has 0 saturated heterocycles. The normalized spacial score (nSPS) is 10.5. The Bertz CT molecular complexity index is 646. The van der Waals surface area contributed by atoms with Gasteiger partial charge in [0.25, 0.3) is 0 Å². The number of carbonyl (C=O) groups excluding carboxylic acids is 1. The minimum Gasteiger partial charge on any atom is -0.358 e. The lowest BCUT2D eigenvalue weighted by Gasteiger charge is -1.94. The molecule has 1 N–H and O–H groups in total. The fourth-order valence-electron chi connectivity index (χ4n) is 1.52. The van der Waals surface area contributed by atoms with Gasteiger partial charge in [-0.05, 0) is 18.8 Å². The van der Waals surface area contributed by atoms with Gasteiger partial charge in [0.05, 0.1) is 16.9 Å². The molecule has 0 aromatic carbocycles. The molecule has 0 radical (unpaired) electrons. The predicted molar refractivity (Wildman–Crippen MR) is 65.0 cm³/mol. The first kappa shape index (κ1) is 13.6. The Kier molecular flexibility index (Phi) is 3.73. The molecular formula is C10H12N6O4. The van der Waals surface area contributed by atoms with Crippen molar-refractivity contribution in [3.8, 4) is 0 Å². The molecule has 1 amide bonds. The third kappa shape index (κ3) is 2.79. The molecule has 0 aliphatic rings. The Hall–Kier alpha value is -2.78. The smallest absolute Gasteiger partial charge is 0.358 e. The van der Waals surface area contributed by atoms with Crippen LogP contribution in [0.15, 0.2) is 10.6 Å². The van der Waals surface area contributed by atoms with Gasteiger partial charge < -0.3 is 20.0 Å². The van der Waals surface area contributed by atoms with Crippen molar-refractivity contribution in [2.45, 2.75) is 20.4 Å². The number of nitro groups is 1. The van der Waals surface area contributed by atoms with Gasteiger partial charge in [0, 0.05) is 6.54 Å². The predicted octanol–water partition coefficient (Wildman–Crippen LogP) is 0.281. The third-order valence-electron chi connectivity index (χ3n) is 2.45. The second-order valence-corrected chi connectivity index (χ2v) is 3.93. The highest BCUT2D eigenvalue weighted by atomic mass is 16.6. The van der Waals surface area contributed by atoms with Crippen molar-refractivity contribution in [2.75, 3.05) is 6.54 Å². The number of hydrogen-bond donors (Lipinski definition) is 1. The highest BCUT2D eigenvalue weighted by Gasteiger charge is 2.19. The maximum absolute atomic E-state index is 11.5. The second-order valence-electron chi connectivity index (χ2n) is 3.93. The van der Waals surface area contributed by atoms with E-state index in [2.05, 4.69) is 20.6 Å². The van der Waals surface area contributed by atoms with Crippen LogP contribution in [0.3, 0.4) is 0 Å². The highest BCUT2D eigenvalue weighted by molar-refractivity contribution is 5.89. The number of aryl methyl sites for hydroxylation is 1. The van der Waals surface area contributed by atoms with Crippen LogP contribution >= 0.6 is 0 Å². The molecule has 2 heterocycles. The van der Waals surface area contributed by atoms with E-state index in [0.29, 0.717) is 12.2 Å². The summed E-state index contributed by atoms with van der Waals surface area (Å²) < 4.78 is 6.16. The Balaban J connectivity index is 2.14. The maximum Gasteiger partial charge on any atom is 0.390 e. The van der Waals surface area contributed by atoms with Gasteiger partial charge >= 0.3 is 17.6 Å². The largest absolute Gasteiger partial charge is 0.390 e. The molecular weight excluding hydrogens is 268 g/mol. The van der Waals surface area contributed by atoms with Crippen molar-refractivity contribution in [3.05, 3.63) is 33.6 Å². The zero-order valence-electron chi connectivity index (χ0n) is 10.9.